The first-order valence-corrected chi connectivity index (χ1v) is 5.33. The van der Waals surface area contributed by atoms with Crippen molar-refractivity contribution in [2.45, 2.75) is 18.9 Å². The molecule has 16 heavy (non-hydrogen) atoms. The SMILES string of the molecule is COc1cc([C@H](N)C2CC2)cc(Cl)c1O.Cl. The van der Waals surface area contributed by atoms with Crippen LogP contribution >= 0.6 is 24.0 Å². The zero-order chi connectivity index (χ0) is 11.0. The standard InChI is InChI=1S/C11H14ClNO2.ClH/c1-15-9-5-7(4-8(12)11(9)14)10(13)6-2-3-6;/h4-6,10,14H,2-3,13H2,1H3;1H/t10-;/m1./s1. The van der Waals surface area contributed by atoms with E-state index in [-0.39, 0.29) is 24.2 Å². The van der Waals surface area contributed by atoms with E-state index in [1.165, 1.54) is 20.0 Å². The van der Waals surface area contributed by atoms with E-state index in [2.05, 4.69) is 0 Å². The van der Waals surface area contributed by atoms with Gasteiger partial charge in [-0.25, -0.2) is 0 Å². The number of phenols is 1. The predicted molar refractivity (Wildman–Crippen MR) is 66.6 cm³/mol. The summed E-state index contributed by atoms with van der Waals surface area (Å²) in [5.74, 6) is 0.912. The van der Waals surface area contributed by atoms with Gasteiger partial charge in [0.1, 0.15) is 0 Å². The summed E-state index contributed by atoms with van der Waals surface area (Å²) in [6.45, 7) is 0. The van der Waals surface area contributed by atoms with Crippen LogP contribution in [0.2, 0.25) is 5.02 Å². The maximum absolute atomic E-state index is 9.56. The Morgan fingerprint density at radius 3 is 2.62 bits per heavy atom. The molecule has 0 radical (unpaired) electrons. The third kappa shape index (κ3) is 2.54. The van der Waals surface area contributed by atoms with Crippen LogP contribution in [-0.2, 0) is 0 Å². The van der Waals surface area contributed by atoms with Crippen molar-refractivity contribution in [3.8, 4) is 11.5 Å². The van der Waals surface area contributed by atoms with E-state index in [0.717, 1.165) is 5.56 Å². The molecule has 1 fully saturated rings. The molecule has 5 heteroatoms. The third-order valence-corrected chi connectivity index (χ3v) is 3.07. The van der Waals surface area contributed by atoms with Crippen molar-refractivity contribution in [2.24, 2.45) is 11.7 Å². The monoisotopic (exact) mass is 263 g/mol. The Bertz CT molecular complexity index is 380. The fourth-order valence-electron chi connectivity index (χ4n) is 1.67. The van der Waals surface area contributed by atoms with E-state index >= 15 is 0 Å². The summed E-state index contributed by atoms with van der Waals surface area (Å²) in [5.41, 5.74) is 6.97. The summed E-state index contributed by atoms with van der Waals surface area (Å²) < 4.78 is 5.03. The fourth-order valence-corrected chi connectivity index (χ4v) is 1.89. The molecule has 1 saturated carbocycles. The Kier molecular flexibility index (Phi) is 4.30. The second kappa shape index (κ2) is 5.13. The van der Waals surface area contributed by atoms with E-state index in [1.807, 2.05) is 0 Å². The zero-order valence-corrected chi connectivity index (χ0v) is 10.5. The topological polar surface area (TPSA) is 55.5 Å². The van der Waals surface area contributed by atoms with Crippen molar-refractivity contribution in [1.29, 1.82) is 0 Å². The first-order valence-electron chi connectivity index (χ1n) is 4.95. The number of phenolic OH excluding ortho intramolecular Hbond substituents is 1. The van der Waals surface area contributed by atoms with Crippen molar-refractivity contribution >= 4 is 24.0 Å². The van der Waals surface area contributed by atoms with Crippen molar-refractivity contribution < 1.29 is 9.84 Å². The Balaban J connectivity index is 0.00000128. The van der Waals surface area contributed by atoms with Gasteiger partial charge in [-0.2, -0.15) is 0 Å². The molecule has 90 valence electrons. The van der Waals surface area contributed by atoms with E-state index in [4.69, 9.17) is 22.1 Å². The lowest BCUT2D eigenvalue weighted by Crippen LogP contribution is -2.12. The highest BCUT2D eigenvalue weighted by molar-refractivity contribution is 6.32. The number of aromatic hydroxyl groups is 1. The molecule has 1 aliphatic rings. The maximum Gasteiger partial charge on any atom is 0.176 e. The Hall–Kier alpha value is -0.640. The molecular formula is C11H15Cl2NO2. The van der Waals surface area contributed by atoms with Gasteiger partial charge in [0.05, 0.1) is 12.1 Å². The zero-order valence-electron chi connectivity index (χ0n) is 8.94. The number of hydrogen-bond donors (Lipinski definition) is 2. The lowest BCUT2D eigenvalue weighted by Gasteiger charge is -2.14. The molecule has 0 saturated heterocycles. The molecule has 1 aromatic carbocycles. The van der Waals surface area contributed by atoms with Crippen LogP contribution in [0.3, 0.4) is 0 Å². The summed E-state index contributed by atoms with van der Waals surface area (Å²) in [7, 11) is 1.50. The van der Waals surface area contributed by atoms with Crippen molar-refractivity contribution in [3.05, 3.63) is 22.7 Å². The highest BCUT2D eigenvalue weighted by Gasteiger charge is 2.30. The summed E-state index contributed by atoms with van der Waals surface area (Å²) in [6.07, 6.45) is 2.34. The van der Waals surface area contributed by atoms with E-state index in [1.54, 1.807) is 12.1 Å². The van der Waals surface area contributed by atoms with Crippen molar-refractivity contribution in [1.82, 2.24) is 0 Å². The largest absolute Gasteiger partial charge is 0.503 e. The summed E-state index contributed by atoms with van der Waals surface area (Å²) in [4.78, 5) is 0. The number of hydrogen-bond acceptors (Lipinski definition) is 3. The molecule has 1 aliphatic carbocycles. The van der Waals surface area contributed by atoms with Gasteiger partial charge in [0.15, 0.2) is 11.5 Å². The summed E-state index contributed by atoms with van der Waals surface area (Å²) in [6, 6.07) is 3.46. The Morgan fingerprint density at radius 1 is 1.50 bits per heavy atom. The number of rotatable bonds is 3. The number of benzene rings is 1. The average Bonchev–Trinajstić information content (AvgIpc) is 3.04. The van der Waals surface area contributed by atoms with Crippen LogP contribution in [0, 0.1) is 5.92 Å². The Morgan fingerprint density at radius 2 is 2.12 bits per heavy atom. The second-order valence-electron chi connectivity index (χ2n) is 3.92. The molecule has 0 unspecified atom stereocenters. The average molecular weight is 264 g/mol. The van der Waals surface area contributed by atoms with Crippen molar-refractivity contribution in [3.63, 3.8) is 0 Å². The molecule has 0 aromatic heterocycles. The lowest BCUT2D eigenvalue weighted by atomic mass is 10.0. The van der Waals surface area contributed by atoms with Gasteiger partial charge in [0.25, 0.3) is 0 Å². The molecule has 0 aliphatic heterocycles. The van der Waals surface area contributed by atoms with Gasteiger partial charge in [-0.3, -0.25) is 0 Å². The highest BCUT2D eigenvalue weighted by Crippen LogP contribution is 2.43. The smallest absolute Gasteiger partial charge is 0.176 e. The van der Waals surface area contributed by atoms with E-state index in [9.17, 15) is 5.11 Å². The predicted octanol–water partition coefficient (Wildman–Crippen LogP) is 2.89. The van der Waals surface area contributed by atoms with Gasteiger partial charge in [-0.1, -0.05) is 11.6 Å². The number of halogens is 2. The maximum atomic E-state index is 9.56. The van der Waals surface area contributed by atoms with E-state index in [0.29, 0.717) is 16.7 Å². The van der Waals surface area contributed by atoms with Crippen LogP contribution in [0.15, 0.2) is 12.1 Å². The number of nitrogens with two attached hydrogens (primary N) is 1. The van der Waals surface area contributed by atoms with Gasteiger partial charge < -0.3 is 15.6 Å². The van der Waals surface area contributed by atoms with Crippen LogP contribution in [-0.4, -0.2) is 12.2 Å². The van der Waals surface area contributed by atoms with Gasteiger partial charge in [-0.05, 0) is 36.5 Å². The summed E-state index contributed by atoms with van der Waals surface area (Å²) >= 11 is 5.88. The molecule has 0 heterocycles. The van der Waals surface area contributed by atoms with Gasteiger partial charge >= 0.3 is 0 Å². The van der Waals surface area contributed by atoms with Crippen LogP contribution < -0.4 is 10.5 Å². The van der Waals surface area contributed by atoms with Crippen LogP contribution in [0.1, 0.15) is 24.4 Å². The quantitative estimate of drug-likeness (QED) is 0.882. The minimum absolute atomic E-state index is 0. The minimum Gasteiger partial charge on any atom is -0.503 e. The van der Waals surface area contributed by atoms with Crippen LogP contribution in [0.25, 0.3) is 0 Å². The van der Waals surface area contributed by atoms with Gasteiger partial charge in [0.2, 0.25) is 0 Å². The van der Waals surface area contributed by atoms with E-state index < -0.39 is 0 Å². The molecule has 2 rings (SSSR count). The lowest BCUT2D eigenvalue weighted by molar-refractivity contribution is 0.372. The molecule has 0 amide bonds. The first kappa shape index (κ1) is 13.4. The number of methoxy groups -OCH3 is 1. The Labute approximate surface area is 106 Å². The normalized spacial score (nSPS) is 16.4. The van der Waals surface area contributed by atoms with Crippen LogP contribution in [0.5, 0.6) is 11.5 Å². The molecule has 1 aromatic rings. The molecule has 0 spiro atoms. The first-order chi connectivity index (χ1) is 7.13. The van der Waals surface area contributed by atoms with Crippen molar-refractivity contribution in [2.75, 3.05) is 7.11 Å². The highest BCUT2D eigenvalue weighted by atomic mass is 35.5. The third-order valence-electron chi connectivity index (χ3n) is 2.79. The van der Waals surface area contributed by atoms with Gasteiger partial charge in [-0.15, -0.1) is 12.4 Å². The molecule has 3 nitrogen and oxygen atoms in total. The van der Waals surface area contributed by atoms with Crippen LogP contribution in [0.4, 0.5) is 0 Å². The fraction of sp³-hybridized carbons (Fsp3) is 0.455. The molecule has 0 bridgehead atoms. The molecular weight excluding hydrogens is 249 g/mol. The minimum atomic E-state index is -0.0223. The summed E-state index contributed by atoms with van der Waals surface area (Å²) in [5, 5.41) is 9.85. The molecule has 1 atom stereocenters. The molecule has 3 N–H and O–H groups in total. The second-order valence-corrected chi connectivity index (χ2v) is 4.32. The van der Waals surface area contributed by atoms with Gasteiger partial charge in [0, 0.05) is 6.04 Å². The number of ether oxygens (including phenoxy) is 1.